The van der Waals surface area contributed by atoms with Crippen LogP contribution in [0.1, 0.15) is 0 Å². The van der Waals surface area contributed by atoms with E-state index < -0.39 is 0 Å². The molecule has 150 valence electrons. The molecule has 29 heavy (non-hydrogen) atoms. The normalized spacial score (nSPS) is 13.9. The van der Waals surface area contributed by atoms with Crippen LogP contribution in [0.15, 0.2) is 54.7 Å². The summed E-state index contributed by atoms with van der Waals surface area (Å²) in [6, 6.07) is 16.1. The number of rotatable bonds is 6. The number of nitrogens with zero attached hydrogens (tertiary/aromatic N) is 5. The molecule has 0 unspecified atom stereocenters. The van der Waals surface area contributed by atoms with E-state index in [1.165, 1.54) is 5.69 Å². The summed E-state index contributed by atoms with van der Waals surface area (Å²) in [6.45, 7) is 3.52. The van der Waals surface area contributed by atoms with Crippen LogP contribution in [0.3, 0.4) is 0 Å². The van der Waals surface area contributed by atoms with Crippen LogP contribution in [0.4, 0.5) is 23.1 Å². The first kappa shape index (κ1) is 18.8. The molecule has 1 N–H and O–H groups in total. The zero-order valence-corrected chi connectivity index (χ0v) is 16.6. The molecule has 3 aromatic rings. The van der Waals surface area contributed by atoms with E-state index in [1.54, 1.807) is 20.4 Å². The summed E-state index contributed by atoms with van der Waals surface area (Å²) in [5, 5.41) is 11.6. The number of piperazine rings is 1. The fourth-order valence-electron chi connectivity index (χ4n) is 3.35. The highest BCUT2D eigenvalue weighted by molar-refractivity contribution is 5.61. The minimum atomic E-state index is 0.628. The smallest absolute Gasteiger partial charge is 0.247 e. The van der Waals surface area contributed by atoms with Crippen molar-refractivity contribution in [3.8, 4) is 11.5 Å². The Morgan fingerprint density at radius 2 is 1.59 bits per heavy atom. The van der Waals surface area contributed by atoms with Crippen molar-refractivity contribution < 1.29 is 9.47 Å². The van der Waals surface area contributed by atoms with Crippen LogP contribution in [0, 0.1) is 0 Å². The molecule has 8 nitrogen and oxygen atoms in total. The molecule has 0 atom stereocenters. The van der Waals surface area contributed by atoms with Crippen LogP contribution in [0.2, 0.25) is 0 Å². The lowest BCUT2D eigenvalue weighted by molar-refractivity contribution is 0.355. The lowest BCUT2D eigenvalue weighted by atomic mass is 10.2. The van der Waals surface area contributed by atoms with E-state index >= 15 is 0 Å². The van der Waals surface area contributed by atoms with Gasteiger partial charge in [-0.25, -0.2) is 0 Å². The molecule has 8 heteroatoms. The molecule has 1 aliphatic heterocycles. The minimum Gasteiger partial charge on any atom is -0.493 e. The van der Waals surface area contributed by atoms with Crippen molar-refractivity contribution >= 4 is 23.1 Å². The molecule has 2 aromatic carbocycles. The second-order valence-corrected chi connectivity index (χ2v) is 6.65. The summed E-state index contributed by atoms with van der Waals surface area (Å²) < 4.78 is 10.6. The molecule has 0 aliphatic carbocycles. The van der Waals surface area contributed by atoms with Crippen molar-refractivity contribution in [2.24, 2.45) is 0 Å². The van der Waals surface area contributed by atoms with Crippen LogP contribution < -0.4 is 24.6 Å². The molecule has 4 rings (SSSR count). The summed E-state index contributed by atoms with van der Waals surface area (Å²) >= 11 is 0. The summed E-state index contributed by atoms with van der Waals surface area (Å²) in [4.78, 5) is 9.17. The zero-order chi connectivity index (χ0) is 20.1. The average Bonchev–Trinajstić information content (AvgIpc) is 2.80. The Morgan fingerprint density at radius 3 is 2.31 bits per heavy atom. The summed E-state index contributed by atoms with van der Waals surface area (Å²) in [5.74, 6) is 2.59. The first-order valence-electron chi connectivity index (χ1n) is 9.50. The van der Waals surface area contributed by atoms with Crippen molar-refractivity contribution in [1.29, 1.82) is 0 Å². The van der Waals surface area contributed by atoms with Gasteiger partial charge in [0.05, 0.1) is 20.4 Å². The van der Waals surface area contributed by atoms with Crippen molar-refractivity contribution in [2.45, 2.75) is 0 Å². The quantitative estimate of drug-likeness (QED) is 0.686. The maximum absolute atomic E-state index is 5.35. The number of hydrogen-bond acceptors (Lipinski definition) is 8. The van der Waals surface area contributed by atoms with Crippen molar-refractivity contribution in [2.75, 3.05) is 55.5 Å². The number of nitrogens with one attached hydrogen (secondary N) is 1. The van der Waals surface area contributed by atoms with E-state index in [0.29, 0.717) is 23.3 Å². The molecule has 0 spiro atoms. The Kier molecular flexibility index (Phi) is 5.60. The number of hydrogen-bond donors (Lipinski definition) is 1. The number of ether oxygens (including phenoxy) is 2. The van der Waals surface area contributed by atoms with Gasteiger partial charge in [0.15, 0.2) is 17.3 Å². The standard InChI is InChI=1S/C21H24N6O2/c1-28-18-9-8-16(14-19(18)29-2)23-20-15-22-25-21(24-20)27-12-10-26(11-13-27)17-6-4-3-5-7-17/h3-9,14-15H,10-13H2,1-2H3,(H,23,24,25). The Labute approximate surface area is 170 Å². The van der Waals surface area contributed by atoms with Gasteiger partial charge in [0.1, 0.15) is 0 Å². The SMILES string of the molecule is COc1ccc(Nc2cnnc(N3CCN(c4ccccc4)CC3)n2)cc1OC. The van der Waals surface area contributed by atoms with E-state index in [0.717, 1.165) is 31.9 Å². The van der Waals surface area contributed by atoms with Gasteiger partial charge >= 0.3 is 0 Å². The van der Waals surface area contributed by atoms with Crippen LogP contribution >= 0.6 is 0 Å². The molecule has 1 aliphatic rings. The second kappa shape index (κ2) is 8.64. The lowest BCUT2D eigenvalue weighted by Gasteiger charge is -2.35. The topological polar surface area (TPSA) is 75.6 Å². The minimum absolute atomic E-state index is 0.628. The van der Waals surface area contributed by atoms with Crippen molar-refractivity contribution in [3.05, 3.63) is 54.7 Å². The Balaban J connectivity index is 1.43. The summed E-state index contributed by atoms with van der Waals surface area (Å²) in [5.41, 5.74) is 2.08. The van der Waals surface area contributed by atoms with E-state index in [9.17, 15) is 0 Å². The first-order valence-corrected chi connectivity index (χ1v) is 9.50. The van der Waals surface area contributed by atoms with E-state index in [2.05, 4.69) is 54.6 Å². The van der Waals surface area contributed by atoms with Crippen LogP contribution in [-0.4, -0.2) is 55.6 Å². The maximum Gasteiger partial charge on any atom is 0.247 e. The third kappa shape index (κ3) is 4.31. The fraction of sp³-hybridized carbons (Fsp3) is 0.286. The third-order valence-corrected chi connectivity index (χ3v) is 4.89. The van der Waals surface area contributed by atoms with E-state index in [-0.39, 0.29) is 0 Å². The largest absolute Gasteiger partial charge is 0.493 e. The number of para-hydroxylation sites is 1. The zero-order valence-electron chi connectivity index (χ0n) is 16.6. The fourth-order valence-corrected chi connectivity index (χ4v) is 3.35. The Hall–Kier alpha value is -3.55. The highest BCUT2D eigenvalue weighted by Gasteiger charge is 2.20. The van der Waals surface area contributed by atoms with E-state index in [4.69, 9.17) is 9.47 Å². The van der Waals surface area contributed by atoms with Crippen LogP contribution in [-0.2, 0) is 0 Å². The first-order chi connectivity index (χ1) is 14.3. The Morgan fingerprint density at radius 1 is 0.862 bits per heavy atom. The van der Waals surface area contributed by atoms with Gasteiger partial charge in [-0.05, 0) is 24.3 Å². The molecular formula is C21H24N6O2. The molecule has 1 fully saturated rings. The molecule has 0 saturated carbocycles. The van der Waals surface area contributed by atoms with Crippen molar-refractivity contribution in [3.63, 3.8) is 0 Å². The lowest BCUT2D eigenvalue weighted by Crippen LogP contribution is -2.47. The summed E-state index contributed by atoms with van der Waals surface area (Å²) in [6.07, 6.45) is 1.61. The predicted octanol–water partition coefficient (Wildman–Crippen LogP) is 2.96. The molecule has 2 heterocycles. The number of anilines is 4. The predicted molar refractivity (Wildman–Crippen MR) is 114 cm³/mol. The molecular weight excluding hydrogens is 368 g/mol. The van der Waals surface area contributed by atoms with Gasteiger partial charge in [-0.15, -0.1) is 5.10 Å². The molecule has 0 amide bonds. The highest BCUT2D eigenvalue weighted by Crippen LogP contribution is 2.31. The van der Waals surface area contributed by atoms with Gasteiger partial charge in [0.25, 0.3) is 0 Å². The Bertz CT molecular complexity index is 945. The van der Waals surface area contributed by atoms with Crippen molar-refractivity contribution in [1.82, 2.24) is 15.2 Å². The molecule has 0 radical (unpaired) electrons. The molecule has 1 aromatic heterocycles. The number of aromatic nitrogens is 3. The van der Waals surface area contributed by atoms with Crippen LogP contribution in [0.25, 0.3) is 0 Å². The third-order valence-electron chi connectivity index (χ3n) is 4.89. The van der Waals surface area contributed by atoms with E-state index in [1.807, 2.05) is 24.3 Å². The second-order valence-electron chi connectivity index (χ2n) is 6.65. The molecule has 1 saturated heterocycles. The highest BCUT2D eigenvalue weighted by atomic mass is 16.5. The van der Waals surface area contributed by atoms with Gasteiger partial charge in [0, 0.05) is 43.6 Å². The van der Waals surface area contributed by atoms with Gasteiger partial charge in [-0.3, -0.25) is 0 Å². The van der Waals surface area contributed by atoms with Gasteiger partial charge in [0.2, 0.25) is 5.95 Å². The maximum atomic E-state index is 5.35. The molecule has 0 bridgehead atoms. The summed E-state index contributed by atoms with van der Waals surface area (Å²) in [7, 11) is 3.23. The average molecular weight is 392 g/mol. The number of benzene rings is 2. The van der Waals surface area contributed by atoms with Gasteiger partial charge in [-0.2, -0.15) is 10.1 Å². The van der Waals surface area contributed by atoms with Gasteiger partial charge in [-0.1, -0.05) is 18.2 Å². The van der Waals surface area contributed by atoms with Crippen LogP contribution in [0.5, 0.6) is 11.5 Å². The number of methoxy groups -OCH3 is 2. The monoisotopic (exact) mass is 392 g/mol. The van der Waals surface area contributed by atoms with Gasteiger partial charge < -0.3 is 24.6 Å².